The monoisotopic (exact) mass is 284 g/mol. The summed E-state index contributed by atoms with van der Waals surface area (Å²) in [4.78, 5) is 0. The Morgan fingerprint density at radius 1 is 1.14 bits per heavy atom. The van der Waals surface area contributed by atoms with Gasteiger partial charge in [0.15, 0.2) is 0 Å². The average Bonchev–Trinajstić information content (AvgIpc) is 2.45. The van der Waals surface area contributed by atoms with Crippen molar-refractivity contribution in [3.8, 4) is 0 Å². The van der Waals surface area contributed by atoms with Gasteiger partial charge in [-0.15, -0.1) is 0 Å². The Hall–Kier alpha value is -1.71. The van der Waals surface area contributed by atoms with E-state index >= 15 is 0 Å². The zero-order valence-corrected chi connectivity index (χ0v) is 12.1. The van der Waals surface area contributed by atoms with Crippen molar-refractivity contribution in [2.45, 2.75) is 37.6 Å². The lowest BCUT2D eigenvalue weighted by Crippen LogP contribution is -2.29. The van der Waals surface area contributed by atoms with E-state index in [9.17, 15) is 4.39 Å². The molecule has 2 nitrogen and oxygen atoms in total. The maximum absolute atomic E-state index is 13.0. The number of nitrogens with two attached hydrogens (primary N) is 1. The number of halogens is 1. The number of hydrogen-bond donors (Lipinski definition) is 2. The third-order valence-electron chi connectivity index (χ3n) is 4.44. The van der Waals surface area contributed by atoms with Gasteiger partial charge in [0.2, 0.25) is 0 Å². The van der Waals surface area contributed by atoms with Crippen LogP contribution in [0.2, 0.25) is 0 Å². The topological polar surface area (TPSA) is 38.0 Å². The molecule has 3 heteroatoms. The summed E-state index contributed by atoms with van der Waals surface area (Å²) in [6, 6.07) is 15.4. The van der Waals surface area contributed by atoms with E-state index in [1.807, 2.05) is 12.1 Å². The van der Waals surface area contributed by atoms with Crippen LogP contribution in [0.1, 0.15) is 47.9 Å². The maximum Gasteiger partial charge on any atom is 0.123 e. The highest BCUT2D eigenvalue weighted by atomic mass is 19.1. The highest BCUT2D eigenvalue weighted by molar-refractivity contribution is 5.31. The summed E-state index contributed by atoms with van der Waals surface area (Å²) in [6.07, 6.45) is 4.68. The van der Waals surface area contributed by atoms with Crippen LogP contribution >= 0.6 is 0 Å². The lowest BCUT2D eigenvalue weighted by molar-refractivity contribution is 0.419. The van der Waals surface area contributed by atoms with Crippen LogP contribution in [0.25, 0.3) is 0 Å². The van der Waals surface area contributed by atoms with Gasteiger partial charge in [-0.2, -0.15) is 0 Å². The largest absolute Gasteiger partial charge is 0.271 e. The zero-order chi connectivity index (χ0) is 14.7. The molecule has 110 valence electrons. The smallest absolute Gasteiger partial charge is 0.123 e. The minimum atomic E-state index is -0.206. The number of hydrogen-bond acceptors (Lipinski definition) is 2. The molecule has 0 bridgehead atoms. The number of rotatable bonds is 5. The molecular weight excluding hydrogens is 263 g/mol. The minimum Gasteiger partial charge on any atom is -0.271 e. The fourth-order valence-corrected chi connectivity index (χ4v) is 2.90. The molecular formula is C18H21FN2. The molecule has 2 aromatic carbocycles. The fraction of sp³-hybridized carbons (Fsp3) is 0.333. The minimum absolute atomic E-state index is 0.0514. The molecule has 0 radical (unpaired) electrons. The van der Waals surface area contributed by atoms with Gasteiger partial charge < -0.3 is 0 Å². The normalized spacial score (nSPS) is 16.5. The van der Waals surface area contributed by atoms with Gasteiger partial charge in [0.05, 0.1) is 0 Å². The van der Waals surface area contributed by atoms with Crippen molar-refractivity contribution in [1.29, 1.82) is 0 Å². The van der Waals surface area contributed by atoms with E-state index < -0.39 is 0 Å². The van der Waals surface area contributed by atoms with Crippen molar-refractivity contribution in [3.05, 3.63) is 71.0 Å². The zero-order valence-electron chi connectivity index (χ0n) is 12.1. The summed E-state index contributed by atoms with van der Waals surface area (Å²) in [5.74, 6) is 6.24. The van der Waals surface area contributed by atoms with Crippen LogP contribution < -0.4 is 11.3 Å². The molecule has 1 atom stereocenters. The van der Waals surface area contributed by atoms with Crippen LogP contribution in [0, 0.1) is 5.82 Å². The first-order chi connectivity index (χ1) is 10.3. The van der Waals surface area contributed by atoms with E-state index in [4.69, 9.17) is 5.84 Å². The summed E-state index contributed by atoms with van der Waals surface area (Å²) in [6.45, 7) is 0. The van der Waals surface area contributed by atoms with Crippen LogP contribution in [-0.4, -0.2) is 0 Å². The Kier molecular flexibility index (Phi) is 4.32. The fourth-order valence-electron chi connectivity index (χ4n) is 2.90. The first kappa shape index (κ1) is 14.2. The van der Waals surface area contributed by atoms with Gasteiger partial charge in [-0.05, 0) is 54.0 Å². The van der Waals surface area contributed by atoms with E-state index in [2.05, 4.69) is 29.7 Å². The molecule has 3 rings (SSSR count). The van der Waals surface area contributed by atoms with Gasteiger partial charge in [0.25, 0.3) is 0 Å². The molecule has 0 saturated heterocycles. The maximum atomic E-state index is 13.0. The van der Waals surface area contributed by atoms with Gasteiger partial charge >= 0.3 is 0 Å². The van der Waals surface area contributed by atoms with E-state index in [0.29, 0.717) is 5.92 Å². The molecule has 1 unspecified atom stereocenters. The summed E-state index contributed by atoms with van der Waals surface area (Å²) in [7, 11) is 0. The SMILES string of the molecule is NNC(Cc1ccc(F)cc1)c1cccc(C2CCC2)c1. The summed E-state index contributed by atoms with van der Waals surface area (Å²) in [5, 5.41) is 0. The lowest BCUT2D eigenvalue weighted by atomic mass is 9.79. The van der Waals surface area contributed by atoms with E-state index in [1.165, 1.54) is 42.5 Å². The van der Waals surface area contributed by atoms with Crippen LogP contribution in [0.4, 0.5) is 4.39 Å². The summed E-state index contributed by atoms with van der Waals surface area (Å²) < 4.78 is 13.0. The third-order valence-corrected chi connectivity index (χ3v) is 4.44. The molecule has 21 heavy (non-hydrogen) atoms. The lowest BCUT2D eigenvalue weighted by Gasteiger charge is -2.27. The summed E-state index contributed by atoms with van der Waals surface area (Å²) >= 11 is 0. The van der Waals surface area contributed by atoms with Crippen molar-refractivity contribution in [1.82, 2.24) is 5.43 Å². The molecule has 2 aromatic rings. The summed E-state index contributed by atoms with van der Waals surface area (Å²) in [5.41, 5.74) is 6.58. The molecule has 0 aromatic heterocycles. The highest BCUT2D eigenvalue weighted by Gasteiger charge is 2.20. The molecule has 3 N–H and O–H groups in total. The second kappa shape index (κ2) is 6.37. The van der Waals surface area contributed by atoms with Crippen molar-refractivity contribution in [2.75, 3.05) is 0 Å². The van der Waals surface area contributed by atoms with Gasteiger partial charge in [0, 0.05) is 6.04 Å². The first-order valence-electron chi connectivity index (χ1n) is 7.56. The Balaban J connectivity index is 1.77. The molecule has 1 aliphatic rings. The van der Waals surface area contributed by atoms with Gasteiger partial charge in [0.1, 0.15) is 5.82 Å². The van der Waals surface area contributed by atoms with Crippen molar-refractivity contribution in [3.63, 3.8) is 0 Å². The highest BCUT2D eigenvalue weighted by Crippen LogP contribution is 2.37. The van der Waals surface area contributed by atoms with E-state index in [0.717, 1.165) is 12.0 Å². The van der Waals surface area contributed by atoms with Crippen LogP contribution in [0.15, 0.2) is 48.5 Å². The van der Waals surface area contributed by atoms with Crippen LogP contribution in [0.3, 0.4) is 0 Å². The van der Waals surface area contributed by atoms with Crippen molar-refractivity contribution >= 4 is 0 Å². The number of hydrazine groups is 1. The Morgan fingerprint density at radius 3 is 2.52 bits per heavy atom. The second-order valence-electron chi connectivity index (χ2n) is 5.85. The van der Waals surface area contributed by atoms with Gasteiger partial charge in [-0.3, -0.25) is 11.3 Å². The third kappa shape index (κ3) is 3.31. The van der Waals surface area contributed by atoms with Crippen LogP contribution in [0.5, 0.6) is 0 Å². The molecule has 0 aliphatic heterocycles. The van der Waals surface area contributed by atoms with Crippen molar-refractivity contribution in [2.24, 2.45) is 5.84 Å². The second-order valence-corrected chi connectivity index (χ2v) is 5.85. The van der Waals surface area contributed by atoms with E-state index in [-0.39, 0.29) is 11.9 Å². The molecule has 1 fully saturated rings. The number of benzene rings is 2. The predicted molar refractivity (Wildman–Crippen MR) is 83.2 cm³/mol. The Bertz CT molecular complexity index is 590. The van der Waals surface area contributed by atoms with Gasteiger partial charge in [-0.1, -0.05) is 42.8 Å². The molecule has 0 heterocycles. The molecule has 1 aliphatic carbocycles. The predicted octanol–water partition coefficient (Wildman–Crippen LogP) is 3.84. The van der Waals surface area contributed by atoms with Crippen LogP contribution in [-0.2, 0) is 6.42 Å². The molecule has 0 spiro atoms. The molecule has 1 saturated carbocycles. The average molecular weight is 284 g/mol. The molecule has 0 amide bonds. The Morgan fingerprint density at radius 2 is 1.90 bits per heavy atom. The quantitative estimate of drug-likeness (QED) is 0.646. The number of nitrogens with one attached hydrogen (secondary N) is 1. The standard InChI is InChI=1S/C18H21FN2/c19-17-9-7-13(8-10-17)11-18(21-20)16-6-2-5-15(12-16)14-3-1-4-14/h2,5-10,12,14,18,21H,1,3-4,11,20H2. The van der Waals surface area contributed by atoms with Crippen molar-refractivity contribution < 1.29 is 4.39 Å². The first-order valence-corrected chi connectivity index (χ1v) is 7.56. The van der Waals surface area contributed by atoms with E-state index in [1.54, 1.807) is 0 Å². The van der Waals surface area contributed by atoms with Gasteiger partial charge in [-0.25, -0.2) is 4.39 Å². The Labute approximate surface area is 125 Å².